The van der Waals surface area contributed by atoms with Crippen LogP contribution in [0.1, 0.15) is 0 Å². The van der Waals surface area contributed by atoms with Crippen LogP contribution in [0.5, 0.6) is 0 Å². The number of carboxylic acid groups (broad SMARTS) is 1. The molecule has 0 aromatic rings. The first-order chi connectivity index (χ1) is 2.77. The van der Waals surface area contributed by atoms with Crippen molar-refractivity contribution < 1.29 is 9.90 Å². The topological polar surface area (TPSA) is 49.3 Å². The van der Waals surface area contributed by atoms with Crippen LogP contribution in [0, 0.1) is 0 Å². The lowest BCUT2D eigenvalue weighted by atomic mass is 11.1. The van der Waals surface area contributed by atoms with Crippen LogP contribution in [-0.4, -0.2) is 15.8 Å². The largest absolute Gasteiger partial charge is 0.465 e. The molecule has 0 aliphatic heterocycles. The highest BCUT2D eigenvalue weighted by Crippen LogP contribution is 1.70. The fraction of sp³-hybridized carbons (Fsp3) is 0.500. The van der Waals surface area contributed by atoms with Gasteiger partial charge in [-0.2, -0.15) is 0 Å². The molecule has 0 heterocycles. The molecular formula is C2H4INO2. The minimum absolute atomic E-state index is 0.451. The number of alkyl halides is 1. The third kappa shape index (κ3) is 4.00. The first-order valence-electron chi connectivity index (χ1n) is 1.30. The lowest BCUT2D eigenvalue weighted by Gasteiger charge is -1.85. The molecule has 0 atom stereocenters. The van der Waals surface area contributed by atoms with Crippen molar-refractivity contribution in [3.05, 3.63) is 0 Å². The number of hydrogen-bond donors (Lipinski definition) is 2. The number of amides is 1. The van der Waals surface area contributed by atoms with Gasteiger partial charge in [-0.3, -0.25) is 0 Å². The predicted molar refractivity (Wildman–Crippen MR) is 30.0 cm³/mol. The molecule has 4 heteroatoms. The summed E-state index contributed by atoms with van der Waals surface area (Å²) in [5.41, 5.74) is 0. The van der Waals surface area contributed by atoms with Crippen LogP contribution in [0.2, 0.25) is 0 Å². The van der Waals surface area contributed by atoms with Crippen LogP contribution in [0.4, 0.5) is 4.79 Å². The van der Waals surface area contributed by atoms with Crippen LogP contribution in [0.25, 0.3) is 0 Å². The Morgan fingerprint density at radius 3 is 2.50 bits per heavy atom. The molecule has 6 heavy (non-hydrogen) atoms. The summed E-state index contributed by atoms with van der Waals surface area (Å²) in [7, 11) is 0. The van der Waals surface area contributed by atoms with Crippen LogP contribution in [0.15, 0.2) is 0 Å². The van der Waals surface area contributed by atoms with E-state index in [2.05, 4.69) is 5.32 Å². The molecule has 0 aliphatic rings. The summed E-state index contributed by atoms with van der Waals surface area (Å²) in [5.74, 6) is 0. The van der Waals surface area contributed by atoms with Crippen molar-refractivity contribution in [3.63, 3.8) is 0 Å². The quantitative estimate of drug-likeness (QED) is 0.371. The molecule has 0 rings (SSSR count). The third-order valence-electron chi connectivity index (χ3n) is 0.218. The maximum atomic E-state index is 9.48. The van der Waals surface area contributed by atoms with Gasteiger partial charge >= 0.3 is 6.09 Å². The first kappa shape index (κ1) is 6.00. The Morgan fingerprint density at radius 2 is 2.50 bits per heavy atom. The van der Waals surface area contributed by atoms with E-state index in [9.17, 15) is 4.79 Å². The lowest BCUT2D eigenvalue weighted by Crippen LogP contribution is -2.17. The zero-order chi connectivity index (χ0) is 4.99. The molecule has 36 valence electrons. The predicted octanol–water partition coefficient (Wildman–Crippen LogP) is 0.646. The van der Waals surface area contributed by atoms with Crippen molar-refractivity contribution in [1.82, 2.24) is 5.32 Å². The Kier molecular flexibility index (Phi) is 3.20. The van der Waals surface area contributed by atoms with Gasteiger partial charge in [0.15, 0.2) is 0 Å². The van der Waals surface area contributed by atoms with E-state index in [-0.39, 0.29) is 0 Å². The summed E-state index contributed by atoms with van der Waals surface area (Å²) >= 11 is 1.91. The van der Waals surface area contributed by atoms with Gasteiger partial charge in [0.1, 0.15) is 0 Å². The van der Waals surface area contributed by atoms with Crippen molar-refractivity contribution in [1.29, 1.82) is 0 Å². The molecule has 0 saturated carbocycles. The molecule has 0 bridgehead atoms. The summed E-state index contributed by atoms with van der Waals surface area (Å²) in [4.78, 5) is 9.48. The van der Waals surface area contributed by atoms with E-state index in [1.54, 1.807) is 0 Å². The highest BCUT2D eigenvalue weighted by atomic mass is 127. The second-order valence-electron chi connectivity index (χ2n) is 0.616. The summed E-state index contributed by atoms with van der Waals surface area (Å²) in [5, 5.41) is 9.91. The second-order valence-corrected chi connectivity index (χ2v) is 1.38. The molecule has 0 aliphatic carbocycles. The van der Waals surface area contributed by atoms with Crippen LogP contribution in [0.3, 0.4) is 0 Å². The average Bonchev–Trinajstić information content (AvgIpc) is 1.35. The van der Waals surface area contributed by atoms with Crippen molar-refractivity contribution in [2.24, 2.45) is 0 Å². The van der Waals surface area contributed by atoms with Gasteiger partial charge in [-0.15, -0.1) is 0 Å². The maximum absolute atomic E-state index is 9.48. The van der Waals surface area contributed by atoms with E-state index in [0.717, 1.165) is 0 Å². The van der Waals surface area contributed by atoms with Crippen molar-refractivity contribution >= 4 is 28.7 Å². The number of hydrogen-bond acceptors (Lipinski definition) is 1. The van der Waals surface area contributed by atoms with Gasteiger partial charge in [0.05, 0.1) is 4.55 Å². The van der Waals surface area contributed by atoms with E-state index in [1.807, 2.05) is 22.6 Å². The Balaban J connectivity index is 2.83. The zero-order valence-corrected chi connectivity index (χ0v) is 5.10. The van der Waals surface area contributed by atoms with E-state index >= 15 is 0 Å². The average molecular weight is 201 g/mol. The molecule has 0 saturated heterocycles. The van der Waals surface area contributed by atoms with E-state index < -0.39 is 6.09 Å². The van der Waals surface area contributed by atoms with Gasteiger partial charge in [0.25, 0.3) is 0 Å². The molecular weight excluding hydrogens is 197 g/mol. The fourth-order valence-electron chi connectivity index (χ4n) is 0.0572. The van der Waals surface area contributed by atoms with Crippen molar-refractivity contribution in [3.8, 4) is 0 Å². The number of halogens is 1. The van der Waals surface area contributed by atoms with Gasteiger partial charge < -0.3 is 10.4 Å². The summed E-state index contributed by atoms with van der Waals surface area (Å²) < 4.78 is 0.451. The van der Waals surface area contributed by atoms with Crippen LogP contribution >= 0.6 is 22.6 Å². The summed E-state index contributed by atoms with van der Waals surface area (Å²) in [6.45, 7) is 0. The SMILES string of the molecule is O=C(O)NCI. The minimum atomic E-state index is -0.968. The molecule has 0 unspecified atom stereocenters. The standard InChI is InChI=1S/C2H4INO2/c3-1-4-2(5)6/h4H,1H2,(H,5,6). The zero-order valence-electron chi connectivity index (χ0n) is 2.94. The van der Waals surface area contributed by atoms with E-state index in [0.29, 0.717) is 4.55 Å². The first-order valence-corrected chi connectivity index (χ1v) is 2.82. The minimum Gasteiger partial charge on any atom is -0.465 e. The van der Waals surface area contributed by atoms with Gasteiger partial charge in [-0.25, -0.2) is 4.79 Å². The molecule has 0 aromatic heterocycles. The molecule has 0 radical (unpaired) electrons. The van der Waals surface area contributed by atoms with Crippen molar-refractivity contribution in [2.75, 3.05) is 4.55 Å². The van der Waals surface area contributed by atoms with Gasteiger partial charge in [-0.05, 0) is 0 Å². The van der Waals surface area contributed by atoms with Crippen molar-refractivity contribution in [2.45, 2.75) is 0 Å². The third-order valence-corrected chi connectivity index (χ3v) is 0.599. The lowest BCUT2D eigenvalue weighted by molar-refractivity contribution is 0.196. The molecule has 0 fully saturated rings. The maximum Gasteiger partial charge on any atom is 0.405 e. The van der Waals surface area contributed by atoms with E-state index in [4.69, 9.17) is 5.11 Å². The monoisotopic (exact) mass is 201 g/mol. The highest BCUT2D eigenvalue weighted by molar-refractivity contribution is 14.1. The second kappa shape index (κ2) is 3.20. The van der Waals surface area contributed by atoms with Crippen LogP contribution < -0.4 is 5.32 Å². The van der Waals surface area contributed by atoms with Gasteiger partial charge in [0.2, 0.25) is 0 Å². The summed E-state index contributed by atoms with van der Waals surface area (Å²) in [6.07, 6.45) is -0.968. The number of rotatable bonds is 1. The highest BCUT2D eigenvalue weighted by Gasteiger charge is 1.83. The normalized spacial score (nSPS) is 7.50. The molecule has 0 aromatic carbocycles. The number of nitrogens with one attached hydrogen (secondary N) is 1. The number of carbonyl (C=O) groups is 1. The Bertz CT molecular complexity index is 55.5. The Morgan fingerprint density at radius 1 is 2.00 bits per heavy atom. The smallest absolute Gasteiger partial charge is 0.405 e. The molecule has 0 spiro atoms. The summed E-state index contributed by atoms with van der Waals surface area (Å²) in [6, 6.07) is 0. The Hall–Kier alpha value is 0. The fourth-order valence-corrected chi connectivity index (χ4v) is 0.383. The van der Waals surface area contributed by atoms with E-state index in [1.165, 1.54) is 0 Å². The van der Waals surface area contributed by atoms with Crippen LogP contribution in [-0.2, 0) is 0 Å². The molecule has 3 nitrogen and oxygen atoms in total. The molecule has 1 amide bonds. The molecule has 2 N–H and O–H groups in total. The van der Waals surface area contributed by atoms with Gasteiger partial charge in [0, 0.05) is 0 Å². The van der Waals surface area contributed by atoms with Gasteiger partial charge in [-0.1, -0.05) is 22.6 Å². The Labute approximate surface area is 48.9 Å².